The average Bonchev–Trinajstić information content (AvgIpc) is 3.07. The second kappa shape index (κ2) is 9.43. The van der Waals surface area contributed by atoms with Crippen molar-refractivity contribution in [2.24, 2.45) is 15.7 Å². The number of amides is 1. The highest BCUT2D eigenvalue weighted by molar-refractivity contribution is 6.09. The molecule has 2 heterocycles. The van der Waals surface area contributed by atoms with E-state index in [0.717, 1.165) is 28.1 Å². The number of benzene rings is 2. The molecule has 4 rings (SSSR count). The molecule has 1 amide bonds. The molecule has 7 nitrogen and oxygen atoms in total. The van der Waals surface area contributed by atoms with Crippen molar-refractivity contribution in [2.75, 3.05) is 11.9 Å². The van der Waals surface area contributed by atoms with Gasteiger partial charge in [-0.25, -0.2) is 4.39 Å². The number of carbonyl (C=O) groups is 1. The zero-order valence-corrected chi connectivity index (χ0v) is 19.6. The molecule has 34 heavy (non-hydrogen) atoms. The summed E-state index contributed by atoms with van der Waals surface area (Å²) in [4.78, 5) is 25.1. The summed E-state index contributed by atoms with van der Waals surface area (Å²) in [6, 6.07) is 12.3. The first-order valence-corrected chi connectivity index (χ1v) is 11.1. The quantitative estimate of drug-likeness (QED) is 0.395. The number of anilines is 1. The average molecular weight is 459 g/mol. The van der Waals surface area contributed by atoms with Crippen LogP contribution < -0.4 is 16.4 Å². The lowest BCUT2D eigenvalue weighted by Crippen LogP contribution is -2.21. The molecule has 2 aromatic carbocycles. The SMILES string of the molecule is CCN=C(/N=C(\N)c1ccc(-c2ccc(C)nc2)cc1F)Nc1cc2c(cc1C)C(=O)NC2C. The Morgan fingerprint density at radius 1 is 1.18 bits per heavy atom. The molecule has 1 atom stereocenters. The van der Waals surface area contributed by atoms with Crippen molar-refractivity contribution in [1.29, 1.82) is 0 Å². The predicted octanol–water partition coefficient (Wildman–Crippen LogP) is 4.50. The van der Waals surface area contributed by atoms with E-state index in [9.17, 15) is 9.18 Å². The van der Waals surface area contributed by atoms with E-state index in [1.165, 1.54) is 6.07 Å². The summed E-state index contributed by atoms with van der Waals surface area (Å²) < 4.78 is 14.9. The van der Waals surface area contributed by atoms with E-state index in [2.05, 4.69) is 25.6 Å². The molecule has 0 spiro atoms. The zero-order valence-electron chi connectivity index (χ0n) is 19.6. The summed E-state index contributed by atoms with van der Waals surface area (Å²) in [5.41, 5.74) is 12.0. The van der Waals surface area contributed by atoms with E-state index in [1.807, 2.05) is 52.0 Å². The number of aromatic nitrogens is 1. The third-order valence-corrected chi connectivity index (χ3v) is 5.73. The smallest absolute Gasteiger partial charge is 0.252 e. The van der Waals surface area contributed by atoms with E-state index in [-0.39, 0.29) is 29.3 Å². The van der Waals surface area contributed by atoms with Gasteiger partial charge < -0.3 is 16.4 Å². The molecule has 3 aromatic rings. The summed E-state index contributed by atoms with van der Waals surface area (Å²) in [6.45, 7) is 8.06. The van der Waals surface area contributed by atoms with Gasteiger partial charge in [-0.2, -0.15) is 4.99 Å². The van der Waals surface area contributed by atoms with E-state index in [1.54, 1.807) is 18.3 Å². The molecular weight excluding hydrogens is 431 g/mol. The highest BCUT2D eigenvalue weighted by Gasteiger charge is 2.26. The summed E-state index contributed by atoms with van der Waals surface area (Å²) in [5.74, 6) is -0.293. The van der Waals surface area contributed by atoms with Crippen molar-refractivity contribution in [1.82, 2.24) is 10.3 Å². The normalized spacial score (nSPS) is 15.8. The van der Waals surface area contributed by atoms with Gasteiger partial charge in [0.1, 0.15) is 11.7 Å². The minimum absolute atomic E-state index is 0.00908. The van der Waals surface area contributed by atoms with Crippen LogP contribution in [-0.4, -0.2) is 29.2 Å². The standard InChI is InChI=1S/C26H27FN6O/c1-5-29-26(32-23-12-20-16(4)31-25(34)21(20)10-14(23)2)33-24(28)19-9-8-17(11-22(19)27)18-7-6-15(3)30-13-18/h6-13,16H,5H2,1-4H3,(H,31,34)(H3,28,29,32,33). The number of amidine groups is 1. The lowest BCUT2D eigenvalue weighted by Gasteiger charge is -2.13. The van der Waals surface area contributed by atoms with Crippen molar-refractivity contribution in [3.05, 3.63) is 82.4 Å². The van der Waals surface area contributed by atoms with Gasteiger partial charge in [-0.05, 0) is 74.7 Å². The van der Waals surface area contributed by atoms with Gasteiger partial charge in [0, 0.05) is 35.2 Å². The fourth-order valence-corrected chi connectivity index (χ4v) is 3.85. The van der Waals surface area contributed by atoms with Crippen LogP contribution in [0.2, 0.25) is 0 Å². The molecule has 0 fully saturated rings. The lowest BCUT2D eigenvalue weighted by atomic mass is 10.0. The molecule has 8 heteroatoms. The van der Waals surface area contributed by atoms with Crippen LogP contribution in [0.25, 0.3) is 11.1 Å². The van der Waals surface area contributed by atoms with Gasteiger partial charge in [0.25, 0.3) is 5.91 Å². The van der Waals surface area contributed by atoms with Crippen molar-refractivity contribution in [2.45, 2.75) is 33.7 Å². The Balaban J connectivity index is 1.61. The molecule has 4 N–H and O–H groups in total. The monoisotopic (exact) mass is 458 g/mol. The number of pyridine rings is 1. The van der Waals surface area contributed by atoms with Crippen LogP contribution in [0.15, 0.2) is 58.6 Å². The van der Waals surface area contributed by atoms with E-state index >= 15 is 0 Å². The van der Waals surface area contributed by atoms with Crippen LogP contribution in [0.5, 0.6) is 0 Å². The number of guanidine groups is 1. The molecule has 1 aromatic heterocycles. The number of halogens is 1. The van der Waals surface area contributed by atoms with Crippen LogP contribution in [0.4, 0.5) is 10.1 Å². The molecule has 0 saturated carbocycles. The predicted molar refractivity (Wildman–Crippen MR) is 134 cm³/mol. The number of hydrogen-bond donors (Lipinski definition) is 3. The zero-order chi connectivity index (χ0) is 24.4. The van der Waals surface area contributed by atoms with Crippen molar-refractivity contribution in [3.63, 3.8) is 0 Å². The first-order chi connectivity index (χ1) is 16.3. The number of nitrogens with one attached hydrogen (secondary N) is 2. The van der Waals surface area contributed by atoms with E-state index in [0.29, 0.717) is 17.7 Å². The Hall–Kier alpha value is -4.07. The highest BCUT2D eigenvalue weighted by atomic mass is 19.1. The topological polar surface area (TPSA) is 105 Å². The third-order valence-electron chi connectivity index (χ3n) is 5.73. The molecule has 0 aliphatic carbocycles. The molecular formula is C26H27FN6O. The first kappa shape index (κ1) is 23.1. The fourth-order valence-electron chi connectivity index (χ4n) is 3.85. The summed E-state index contributed by atoms with van der Waals surface area (Å²) >= 11 is 0. The molecule has 1 aliphatic heterocycles. The van der Waals surface area contributed by atoms with Crippen LogP contribution in [0, 0.1) is 19.7 Å². The van der Waals surface area contributed by atoms with Gasteiger partial charge in [-0.15, -0.1) is 0 Å². The van der Waals surface area contributed by atoms with Crippen LogP contribution in [-0.2, 0) is 0 Å². The van der Waals surface area contributed by atoms with Crippen LogP contribution >= 0.6 is 0 Å². The minimum atomic E-state index is -0.484. The second-order valence-electron chi connectivity index (χ2n) is 8.25. The molecule has 1 unspecified atom stereocenters. The van der Waals surface area contributed by atoms with Gasteiger partial charge in [0.2, 0.25) is 5.96 Å². The Bertz CT molecular complexity index is 1310. The van der Waals surface area contributed by atoms with Gasteiger partial charge >= 0.3 is 0 Å². The van der Waals surface area contributed by atoms with E-state index < -0.39 is 5.82 Å². The maximum Gasteiger partial charge on any atom is 0.252 e. The number of aryl methyl sites for hydroxylation is 2. The number of nitrogens with zero attached hydrogens (tertiary/aromatic N) is 3. The highest BCUT2D eigenvalue weighted by Crippen LogP contribution is 2.30. The second-order valence-corrected chi connectivity index (χ2v) is 8.25. The molecule has 1 aliphatic rings. The maximum absolute atomic E-state index is 14.9. The Morgan fingerprint density at radius 2 is 1.94 bits per heavy atom. The Morgan fingerprint density at radius 3 is 2.62 bits per heavy atom. The molecule has 174 valence electrons. The number of aliphatic imine (C=N–C) groups is 2. The first-order valence-electron chi connectivity index (χ1n) is 11.1. The van der Waals surface area contributed by atoms with Gasteiger partial charge in [0.05, 0.1) is 11.6 Å². The summed E-state index contributed by atoms with van der Waals surface area (Å²) in [7, 11) is 0. The molecule has 0 radical (unpaired) electrons. The minimum Gasteiger partial charge on any atom is -0.383 e. The number of rotatable bonds is 4. The van der Waals surface area contributed by atoms with Crippen molar-refractivity contribution >= 4 is 23.4 Å². The van der Waals surface area contributed by atoms with Gasteiger partial charge in [-0.3, -0.25) is 14.8 Å². The molecule has 0 saturated heterocycles. The third kappa shape index (κ3) is 4.66. The van der Waals surface area contributed by atoms with Gasteiger partial charge in [-0.1, -0.05) is 12.1 Å². The largest absolute Gasteiger partial charge is 0.383 e. The Kier molecular flexibility index (Phi) is 6.40. The van der Waals surface area contributed by atoms with Gasteiger partial charge in [0.15, 0.2) is 0 Å². The Labute approximate surface area is 198 Å². The van der Waals surface area contributed by atoms with Crippen LogP contribution in [0.1, 0.15) is 52.6 Å². The van der Waals surface area contributed by atoms with Crippen molar-refractivity contribution in [3.8, 4) is 11.1 Å². The fraction of sp³-hybridized carbons (Fsp3) is 0.231. The number of nitrogens with two attached hydrogens (primary N) is 1. The maximum atomic E-state index is 14.9. The van der Waals surface area contributed by atoms with E-state index in [4.69, 9.17) is 5.73 Å². The summed E-state index contributed by atoms with van der Waals surface area (Å²) in [6.07, 6.45) is 1.71. The molecule has 0 bridgehead atoms. The number of carbonyl (C=O) groups excluding carboxylic acids is 1. The number of hydrogen-bond acceptors (Lipinski definition) is 3. The summed E-state index contributed by atoms with van der Waals surface area (Å²) in [5, 5.41) is 6.09. The lowest BCUT2D eigenvalue weighted by molar-refractivity contribution is 0.0958. The number of fused-ring (bicyclic) bond motifs is 1. The van der Waals surface area contributed by atoms with Crippen molar-refractivity contribution < 1.29 is 9.18 Å². The van der Waals surface area contributed by atoms with Crippen LogP contribution in [0.3, 0.4) is 0 Å².